The lowest BCUT2D eigenvalue weighted by Crippen LogP contribution is -2.42. The Labute approximate surface area is 91.6 Å². The summed E-state index contributed by atoms with van der Waals surface area (Å²) < 4.78 is 5.80. The second-order valence-electron chi connectivity index (χ2n) is 4.36. The molecule has 1 heterocycles. The third-order valence-corrected chi connectivity index (χ3v) is 3.20. The lowest BCUT2D eigenvalue weighted by atomic mass is 10.0. The van der Waals surface area contributed by atoms with Crippen molar-refractivity contribution in [3.05, 3.63) is 29.3 Å². The predicted molar refractivity (Wildman–Crippen MR) is 62.4 cm³/mol. The summed E-state index contributed by atoms with van der Waals surface area (Å²) in [6.07, 6.45) is 1.17. The van der Waals surface area contributed by atoms with Crippen molar-refractivity contribution in [2.24, 2.45) is 5.92 Å². The van der Waals surface area contributed by atoms with Crippen LogP contribution in [0.4, 0.5) is 0 Å². The molecular weight excluding hydrogens is 186 g/mol. The van der Waals surface area contributed by atoms with Crippen molar-refractivity contribution in [1.29, 1.82) is 0 Å². The van der Waals surface area contributed by atoms with Crippen molar-refractivity contribution in [3.8, 4) is 5.75 Å². The number of benzene rings is 1. The molecule has 2 rings (SSSR count). The fourth-order valence-electron chi connectivity index (χ4n) is 1.77. The van der Waals surface area contributed by atoms with Crippen LogP contribution in [0.1, 0.15) is 17.5 Å². The van der Waals surface area contributed by atoms with Crippen molar-refractivity contribution >= 4 is 0 Å². The minimum atomic E-state index is 0.829. The molecule has 0 spiro atoms. The minimum Gasteiger partial charge on any atom is -0.493 e. The zero-order chi connectivity index (χ0) is 10.7. The molecule has 1 fully saturated rings. The van der Waals surface area contributed by atoms with Gasteiger partial charge in [0.1, 0.15) is 5.75 Å². The van der Waals surface area contributed by atoms with Crippen LogP contribution in [0.5, 0.6) is 5.75 Å². The van der Waals surface area contributed by atoms with Crippen molar-refractivity contribution in [1.82, 2.24) is 5.32 Å². The summed E-state index contributed by atoms with van der Waals surface area (Å²) in [6.45, 7) is 7.41. The normalized spacial score (nSPS) is 16.1. The lowest BCUT2D eigenvalue weighted by Gasteiger charge is -2.26. The van der Waals surface area contributed by atoms with Crippen LogP contribution < -0.4 is 10.1 Å². The zero-order valence-electron chi connectivity index (χ0n) is 9.55. The highest BCUT2D eigenvalue weighted by Gasteiger charge is 2.16. The first-order valence-corrected chi connectivity index (χ1v) is 5.67. The molecule has 1 aromatic rings. The molecule has 0 atom stereocenters. The second kappa shape index (κ2) is 4.67. The van der Waals surface area contributed by atoms with E-state index in [0.717, 1.165) is 31.4 Å². The van der Waals surface area contributed by atoms with E-state index < -0.39 is 0 Å². The SMILES string of the molecule is Cc1cccc(OCCC2CNC2)c1C. The van der Waals surface area contributed by atoms with Gasteiger partial charge in [0.25, 0.3) is 0 Å². The highest BCUT2D eigenvalue weighted by atomic mass is 16.5. The van der Waals surface area contributed by atoms with Crippen LogP contribution in [0.3, 0.4) is 0 Å². The highest BCUT2D eigenvalue weighted by molar-refractivity contribution is 5.38. The summed E-state index contributed by atoms with van der Waals surface area (Å²) in [5.74, 6) is 1.87. The third-order valence-electron chi connectivity index (χ3n) is 3.20. The summed E-state index contributed by atoms with van der Waals surface area (Å²) in [5, 5.41) is 3.27. The van der Waals surface area contributed by atoms with Gasteiger partial charge in [-0.15, -0.1) is 0 Å². The van der Waals surface area contributed by atoms with Gasteiger partial charge >= 0.3 is 0 Å². The van der Waals surface area contributed by atoms with Crippen LogP contribution >= 0.6 is 0 Å². The molecule has 2 heteroatoms. The Kier molecular flexibility index (Phi) is 3.27. The second-order valence-corrected chi connectivity index (χ2v) is 4.36. The number of hydrogen-bond acceptors (Lipinski definition) is 2. The van der Waals surface area contributed by atoms with Crippen molar-refractivity contribution in [2.45, 2.75) is 20.3 Å². The van der Waals surface area contributed by atoms with Gasteiger partial charge in [0.05, 0.1) is 6.61 Å². The first kappa shape index (κ1) is 10.5. The number of aryl methyl sites for hydroxylation is 1. The first-order valence-electron chi connectivity index (χ1n) is 5.67. The van der Waals surface area contributed by atoms with Crippen molar-refractivity contribution < 1.29 is 4.74 Å². The van der Waals surface area contributed by atoms with Crippen LogP contribution in [0.2, 0.25) is 0 Å². The smallest absolute Gasteiger partial charge is 0.122 e. The van der Waals surface area contributed by atoms with E-state index in [0.29, 0.717) is 0 Å². The molecular formula is C13H19NO. The maximum absolute atomic E-state index is 5.80. The Hall–Kier alpha value is -1.02. The van der Waals surface area contributed by atoms with Crippen LogP contribution in [-0.4, -0.2) is 19.7 Å². The Morgan fingerprint density at radius 1 is 1.33 bits per heavy atom. The zero-order valence-corrected chi connectivity index (χ0v) is 9.55. The predicted octanol–water partition coefficient (Wildman–Crippen LogP) is 2.29. The molecule has 1 N–H and O–H groups in total. The average molecular weight is 205 g/mol. The molecule has 0 aromatic heterocycles. The highest BCUT2D eigenvalue weighted by Crippen LogP contribution is 2.21. The summed E-state index contributed by atoms with van der Waals surface area (Å²) >= 11 is 0. The van der Waals surface area contributed by atoms with Crippen molar-refractivity contribution in [3.63, 3.8) is 0 Å². The molecule has 0 aliphatic carbocycles. The quantitative estimate of drug-likeness (QED) is 0.814. The Morgan fingerprint density at radius 2 is 2.13 bits per heavy atom. The van der Waals surface area contributed by atoms with E-state index in [1.807, 2.05) is 0 Å². The standard InChI is InChI=1S/C13H19NO/c1-10-4-3-5-13(11(10)2)15-7-6-12-8-14-9-12/h3-5,12,14H,6-9H2,1-2H3. The number of rotatable bonds is 4. The Bertz CT molecular complexity index is 331. The monoisotopic (exact) mass is 205 g/mol. The van der Waals surface area contributed by atoms with Gasteiger partial charge in [0.2, 0.25) is 0 Å². The fraction of sp³-hybridized carbons (Fsp3) is 0.538. The maximum atomic E-state index is 5.80. The molecule has 0 amide bonds. The van der Waals surface area contributed by atoms with Gasteiger partial charge in [-0.3, -0.25) is 0 Å². The van der Waals surface area contributed by atoms with Gasteiger partial charge in [-0.2, -0.15) is 0 Å². The first-order chi connectivity index (χ1) is 7.27. The molecule has 1 aliphatic rings. The molecule has 1 aromatic carbocycles. The van der Waals surface area contributed by atoms with Crippen LogP contribution in [0.15, 0.2) is 18.2 Å². The molecule has 0 radical (unpaired) electrons. The van der Waals surface area contributed by atoms with E-state index in [4.69, 9.17) is 4.74 Å². The minimum absolute atomic E-state index is 0.829. The molecule has 0 unspecified atom stereocenters. The maximum Gasteiger partial charge on any atom is 0.122 e. The number of ether oxygens (including phenoxy) is 1. The largest absolute Gasteiger partial charge is 0.493 e. The van der Waals surface area contributed by atoms with E-state index in [1.165, 1.54) is 17.5 Å². The van der Waals surface area contributed by atoms with E-state index in [2.05, 4.69) is 37.4 Å². The number of hydrogen-bond donors (Lipinski definition) is 1. The van der Waals surface area contributed by atoms with E-state index in [9.17, 15) is 0 Å². The average Bonchev–Trinajstić information content (AvgIpc) is 2.16. The third kappa shape index (κ3) is 2.51. The fourth-order valence-corrected chi connectivity index (χ4v) is 1.77. The molecule has 82 valence electrons. The van der Waals surface area contributed by atoms with Crippen LogP contribution in [-0.2, 0) is 0 Å². The molecule has 1 saturated heterocycles. The Balaban J connectivity index is 1.84. The summed E-state index contributed by atoms with van der Waals surface area (Å²) in [7, 11) is 0. The van der Waals surface area contributed by atoms with Gasteiger partial charge in [-0.25, -0.2) is 0 Å². The summed E-state index contributed by atoms with van der Waals surface area (Å²) in [6, 6.07) is 6.24. The van der Waals surface area contributed by atoms with Crippen LogP contribution in [0.25, 0.3) is 0 Å². The van der Waals surface area contributed by atoms with Crippen molar-refractivity contribution in [2.75, 3.05) is 19.7 Å². The van der Waals surface area contributed by atoms with Crippen LogP contribution in [0, 0.1) is 19.8 Å². The summed E-state index contributed by atoms with van der Waals surface area (Å²) in [5.41, 5.74) is 2.57. The van der Waals surface area contributed by atoms with Gasteiger partial charge in [-0.1, -0.05) is 12.1 Å². The molecule has 1 aliphatic heterocycles. The molecule has 15 heavy (non-hydrogen) atoms. The van der Waals surface area contributed by atoms with E-state index in [-0.39, 0.29) is 0 Å². The molecule has 0 bridgehead atoms. The van der Waals surface area contributed by atoms with E-state index >= 15 is 0 Å². The van der Waals surface area contributed by atoms with E-state index in [1.54, 1.807) is 0 Å². The number of nitrogens with one attached hydrogen (secondary N) is 1. The summed E-state index contributed by atoms with van der Waals surface area (Å²) in [4.78, 5) is 0. The topological polar surface area (TPSA) is 21.3 Å². The van der Waals surface area contributed by atoms with Gasteiger partial charge in [0.15, 0.2) is 0 Å². The van der Waals surface area contributed by atoms with Gasteiger partial charge in [-0.05, 0) is 56.5 Å². The molecule has 2 nitrogen and oxygen atoms in total. The Morgan fingerprint density at radius 3 is 2.80 bits per heavy atom. The van der Waals surface area contributed by atoms with Gasteiger partial charge in [0, 0.05) is 0 Å². The molecule has 0 saturated carbocycles. The van der Waals surface area contributed by atoms with Gasteiger partial charge < -0.3 is 10.1 Å². The lowest BCUT2D eigenvalue weighted by molar-refractivity contribution is 0.237.